The van der Waals surface area contributed by atoms with Gasteiger partial charge in [0, 0.05) is 25.0 Å². The molecular formula is C13H22N2O2. The molecule has 0 spiro atoms. The maximum Gasteiger partial charge on any atom is 0.0698 e. The van der Waals surface area contributed by atoms with E-state index in [4.69, 9.17) is 9.84 Å². The maximum absolute atomic E-state index is 8.60. The smallest absolute Gasteiger partial charge is 0.0698 e. The van der Waals surface area contributed by atoms with Crippen LogP contribution >= 0.6 is 0 Å². The summed E-state index contributed by atoms with van der Waals surface area (Å²) in [5, 5.41) is 12.0. The summed E-state index contributed by atoms with van der Waals surface area (Å²) in [4.78, 5) is 0. The average Bonchev–Trinajstić information content (AvgIpc) is 3.06. The van der Waals surface area contributed by atoms with Gasteiger partial charge in [-0.25, -0.2) is 0 Å². The number of hydrogen-bond acceptors (Lipinski definition) is 3. The van der Waals surface area contributed by atoms with E-state index in [-0.39, 0.29) is 6.61 Å². The minimum atomic E-state index is 0.0977. The van der Waals surface area contributed by atoms with Crippen molar-refractivity contribution in [2.75, 3.05) is 26.9 Å². The molecule has 1 aliphatic rings. The highest BCUT2D eigenvalue weighted by Gasteiger charge is 2.31. The standard InChI is InChI=1S/C13H22N2O2/c1-14-13(11-2-3-11)12-4-5-15(10-12)6-8-17-9-7-16/h4-5,10-11,13-14,16H,2-3,6-9H2,1H3. The highest BCUT2D eigenvalue weighted by Crippen LogP contribution is 2.40. The van der Waals surface area contributed by atoms with Crippen LogP contribution in [-0.2, 0) is 11.3 Å². The predicted octanol–water partition coefficient (Wildman–Crippen LogP) is 1.17. The number of rotatable bonds is 8. The second-order valence-corrected chi connectivity index (χ2v) is 4.62. The van der Waals surface area contributed by atoms with E-state index in [1.165, 1.54) is 18.4 Å². The van der Waals surface area contributed by atoms with E-state index < -0.39 is 0 Å². The fourth-order valence-electron chi connectivity index (χ4n) is 2.22. The molecular weight excluding hydrogens is 216 g/mol. The minimum Gasteiger partial charge on any atom is -0.394 e. The molecule has 4 nitrogen and oxygen atoms in total. The first-order valence-corrected chi connectivity index (χ1v) is 6.36. The zero-order chi connectivity index (χ0) is 12.1. The van der Waals surface area contributed by atoms with E-state index >= 15 is 0 Å². The summed E-state index contributed by atoms with van der Waals surface area (Å²) in [7, 11) is 2.03. The molecule has 17 heavy (non-hydrogen) atoms. The zero-order valence-electron chi connectivity index (χ0n) is 10.4. The van der Waals surface area contributed by atoms with Gasteiger partial charge >= 0.3 is 0 Å². The quantitative estimate of drug-likeness (QED) is 0.668. The summed E-state index contributed by atoms with van der Waals surface area (Å²) >= 11 is 0. The van der Waals surface area contributed by atoms with Crippen molar-refractivity contribution in [2.24, 2.45) is 5.92 Å². The Morgan fingerprint density at radius 1 is 1.53 bits per heavy atom. The van der Waals surface area contributed by atoms with Gasteiger partial charge in [-0.3, -0.25) is 0 Å². The first kappa shape index (κ1) is 12.6. The topological polar surface area (TPSA) is 46.4 Å². The number of ether oxygens (including phenoxy) is 1. The average molecular weight is 238 g/mol. The lowest BCUT2D eigenvalue weighted by atomic mass is 10.1. The Labute approximate surface area is 103 Å². The first-order valence-electron chi connectivity index (χ1n) is 6.36. The number of hydrogen-bond donors (Lipinski definition) is 2. The molecule has 1 fully saturated rings. The second-order valence-electron chi connectivity index (χ2n) is 4.62. The number of nitrogens with one attached hydrogen (secondary N) is 1. The number of nitrogens with zero attached hydrogens (tertiary/aromatic N) is 1. The van der Waals surface area contributed by atoms with E-state index in [9.17, 15) is 0 Å². The van der Waals surface area contributed by atoms with Gasteiger partial charge in [0.2, 0.25) is 0 Å². The summed E-state index contributed by atoms with van der Waals surface area (Å²) in [5.41, 5.74) is 1.37. The predicted molar refractivity (Wildman–Crippen MR) is 66.9 cm³/mol. The van der Waals surface area contributed by atoms with Crippen LogP contribution < -0.4 is 5.32 Å². The van der Waals surface area contributed by atoms with Crippen LogP contribution in [0.1, 0.15) is 24.4 Å². The van der Waals surface area contributed by atoms with Crippen molar-refractivity contribution in [1.29, 1.82) is 0 Å². The Kier molecular flexibility index (Phi) is 4.59. The lowest BCUT2D eigenvalue weighted by Crippen LogP contribution is -2.17. The van der Waals surface area contributed by atoms with Crippen molar-refractivity contribution < 1.29 is 9.84 Å². The monoisotopic (exact) mass is 238 g/mol. The van der Waals surface area contributed by atoms with E-state index in [2.05, 4.69) is 28.3 Å². The minimum absolute atomic E-state index is 0.0977. The van der Waals surface area contributed by atoms with Crippen LogP contribution in [0.3, 0.4) is 0 Å². The van der Waals surface area contributed by atoms with Gasteiger partial charge in [0.1, 0.15) is 0 Å². The van der Waals surface area contributed by atoms with Crippen molar-refractivity contribution in [3.8, 4) is 0 Å². The molecule has 0 aromatic carbocycles. The summed E-state index contributed by atoms with van der Waals surface area (Å²) in [6.07, 6.45) is 6.98. The molecule has 1 aromatic rings. The Hall–Kier alpha value is -0.840. The van der Waals surface area contributed by atoms with Crippen LogP contribution in [0.5, 0.6) is 0 Å². The van der Waals surface area contributed by atoms with Crippen LogP contribution in [0.25, 0.3) is 0 Å². The molecule has 1 unspecified atom stereocenters. The van der Waals surface area contributed by atoms with Gasteiger partial charge in [0.05, 0.1) is 19.8 Å². The molecule has 1 heterocycles. The lowest BCUT2D eigenvalue weighted by Gasteiger charge is -2.13. The van der Waals surface area contributed by atoms with Crippen LogP contribution in [0.15, 0.2) is 18.5 Å². The molecule has 2 rings (SSSR count). The van der Waals surface area contributed by atoms with Crippen LogP contribution in [0, 0.1) is 5.92 Å². The molecule has 0 aliphatic heterocycles. The first-order chi connectivity index (χ1) is 8.35. The largest absolute Gasteiger partial charge is 0.394 e. The summed E-state index contributed by atoms with van der Waals surface area (Å²) in [6, 6.07) is 2.69. The van der Waals surface area contributed by atoms with Crippen molar-refractivity contribution in [3.05, 3.63) is 24.0 Å². The number of aliphatic hydroxyl groups excluding tert-OH is 1. The Bertz CT molecular complexity index is 334. The molecule has 0 radical (unpaired) electrons. The van der Waals surface area contributed by atoms with Crippen molar-refractivity contribution in [2.45, 2.75) is 25.4 Å². The van der Waals surface area contributed by atoms with Gasteiger partial charge in [-0.1, -0.05) is 0 Å². The van der Waals surface area contributed by atoms with Gasteiger partial charge in [0.15, 0.2) is 0 Å². The summed E-state index contributed by atoms with van der Waals surface area (Å²) in [5.74, 6) is 0.821. The fraction of sp³-hybridized carbons (Fsp3) is 0.692. The molecule has 1 atom stereocenters. The Balaban J connectivity index is 1.82. The third-order valence-corrected chi connectivity index (χ3v) is 3.27. The SMILES string of the molecule is CNC(c1ccn(CCOCCO)c1)C1CC1. The number of aliphatic hydroxyl groups is 1. The fourth-order valence-corrected chi connectivity index (χ4v) is 2.22. The molecule has 0 bridgehead atoms. The molecule has 4 heteroatoms. The molecule has 2 N–H and O–H groups in total. The maximum atomic E-state index is 8.60. The van der Waals surface area contributed by atoms with Crippen molar-refractivity contribution in [1.82, 2.24) is 9.88 Å². The van der Waals surface area contributed by atoms with E-state index in [0.717, 1.165) is 12.5 Å². The zero-order valence-corrected chi connectivity index (χ0v) is 10.4. The second kappa shape index (κ2) is 6.19. The van der Waals surface area contributed by atoms with Crippen LogP contribution in [0.2, 0.25) is 0 Å². The van der Waals surface area contributed by atoms with Crippen molar-refractivity contribution in [3.63, 3.8) is 0 Å². The molecule has 1 aliphatic carbocycles. The van der Waals surface area contributed by atoms with Gasteiger partial charge < -0.3 is 19.7 Å². The third-order valence-electron chi connectivity index (χ3n) is 3.27. The van der Waals surface area contributed by atoms with Crippen LogP contribution in [-0.4, -0.2) is 36.5 Å². The molecule has 0 saturated heterocycles. The lowest BCUT2D eigenvalue weighted by molar-refractivity contribution is 0.0870. The van der Waals surface area contributed by atoms with Gasteiger partial charge in [0.25, 0.3) is 0 Å². The van der Waals surface area contributed by atoms with Gasteiger partial charge in [-0.15, -0.1) is 0 Å². The van der Waals surface area contributed by atoms with E-state index in [1.54, 1.807) is 0 Å². The van der Waals surface area contributed by atoms with E-state index in [0.29, 0.717) is 19.3 Å². The normalized spacial score (nSPS) is 17.3. The van der Waals surface area contributed by atoms with E-state index in [1.807, 2.05) is 7.05 Å². The van der Waals surface area contributed by atoms with Gasteiger partial charge in [-0.05, 0) is 37.4 Å². The molecule has 1 saturated carbocycles. The Morgan fingerprint density at radius 3 is 3.00 bits per heavy atom. The third kappa shape index (κ3) is 3.56. The number of aromatic nitrogens is 1. The van der Waals surface area contributed by atoms with Crippen molar-refractivity contribution >= 4 is 0 Å². The highest BCUT2D eigenvalue weighted by atomic mass is 16.5. The van der Waals surface area contributed by atoms with Gasteiger partial charge in [-0.2, -0.15) is 0 Å². The highest BCUT2D eigenvalue weighted by molar-refractivity contribution is 5.18. The molecule has 96 valence electrons. The Morgan fingerprint density at radius 2 is 2.35 bits per heavy atom. The van der Waals surface area contributed by atoms with Crippen LogP contribution in [0.4, 0.5) is 0 Å². The summed E-state index contributed by atoms with van der Waals surface area (Å²) < 4.78 is 7.41. The molecule has 0 amide bonds. The molecule has 1 aromatic heterocycles. The summed E-state index contributed by atoms with van der Waals surface area (Å²) in [6.45, 7) is 2.03.